The van der Waals surface area contributed by atoms with Crippen LogP contribution < -0.4 is 10.6 Å². The number of carbonyl (C=O) groups is 1. The van der Waals surface area contributed by atoms with Crippen molar-refractivity contribution in [3.8, 4) is 0 Å². The summed E-state index contributed by atoms with van der Waals surface area (Å²) < 4.78 is 0. The number of benzene rings is 1. The minimum Gasteiger partial charge on any atom is -0.353 e. The number of aryl methyl sites for hydroxylation is 1. The maximum atomic E-state index is 10.8. The smallest absolute Gasteiger partial charge is 0.209 e. The lowest BCUT2D eigenvalue weighted by Crippen LogP contribution is -2.46. The maximum absolute atomic E-state index is 10.8. The van der Waals surface area contributed by atoms with E-state index in [4.69, 9.17) is 5.73 Å². The summed E-state index contributed by atoms with van der Waals surface area (Å²) >= 11 is 0. The number of nitrogens with zero attached hydrogens (tertiary/aromatic N) is 3. The van der Waals surface area contributed by atoms with Gasteiger partial charge in [-0.05, 0) is 29.7 Å². The monoisotopic (exact) mass is 310 g/mol. The Morgan fingerprint density at radius 3 is 2.43 bits per heavy atom. The second kappa shape index (κ2) is 6.79. The van der Waals surface area contributed by atoms with Crippen molar-refractivity contribution in [3.63, 3.8) is 0 Å². The quantitative estimate of drug-likeness (QED) is 0.874. The molecule has 3 rings (SSSR count). The minimum atomic E-state index is -0.164. The number of aromatic nitrogens is 1. The number of rotatable bonds is 4. The third kappa shape index (κ3) is 3.35. The topological polar surface area (TPSA) is 62.5 Å². The molecule has 23 heavy (non-hydrogen) atoms. The maximum Gasteiger partial charge on any atom is 0.209 e. The zero-order valence-corrected chi connectivity index (χ0v) is 13.4. The molecule has 0 bridgehead atoms. The Morgan fingerprint density at radius 2 is 1.83 bits per heavy atom. The van der Waals surface area contributed by atoms with Gasteiger partial charge in [0.05, 0.1) is 6.04 Å². The van der Waals surface area contributed by atoms with E-state index in [1.807, 2.05) is 36.5 Å². The summed E-state index contributed by atoms with van der Waals surface area (Å²) in [6, 6.07) is 12.0. The lowest BCUT2D eigenvalue weighted by molar-refractivity contribution is -0.118. The summed E-state index contributed by atoms with van der Waals surface area (Å²) in [5.41, 5.74) is 9.57. The molecule has 0 aliphatic carbocycles. The van der Waals surface area contributed by atoms with Gasteiger partial charge in [0.15, 0.2) is 0 Å². The van der Waals surface area contributed by atoms with Gasteiger partial charge in [-0.1, -0.05) is 30.3 Å². The fourth-order valence-electron chi connectivity index (χ4n) is 2.98. The number of amides is 1. The molecule has 0 saturated carbocycles. The first-order valence-corrected chi connectivity index (χ1v) is 7.90. The molecule has 0 unspecified atom stereocenters. The molecule has 1 atom stereocenters. The zero-order chi connectivity index (χ0) is 16.2. The molecule has 2 aromatic rings. The molecular weight excluding hydrogens is 288 g/mol. The van der Waals surface area contributed by atoms with Crippen LogP contribution in [-0.2, 0) is 4.79 Å². The Balaban J connectivity index is 1.77. The highest BCUT2D eigenvalue weighted by Gasteiger charge is 2.19. The number of carbonyl (C=O) groups excluding carboxylic acids is 1. The van der Waals surface area contributed by atoms with Crippen molar-refractivity contribution in [1.82, 2.24) is 9.88 Å². The molecule has 1 aliphatic heterocycles. The predicted molar refractivity (Wildman–Crippen MR) is 91.3 cm³/mol. The van der Waals surface area contributed by atoms with Crippen LogP contribution in [0.1, 0.15) is 22.7 Å². The Hall–Kier alpha value is -2.40. The zero-order valence-electron chi connectivity index (χ0n) is 13.4. The molecule has 1 fully saturated rings. The molecule has 1 aliphatic rings. The SMILES string of the molecule is Cc1cc([C@@H](N)c2ccccc2)cnc1N1CCN(C=O)CC1. The Morgan fingerprint density at radius 1 is 1.13 bits per heavy atom. The van der Waals surface area contributed by atoms with Crippen LogP contribution in [0.3, 0.4) is 0 Å². The average Bonchev–Trinajstić information content (AvgIpc) is 2.62. The van der Waals surface area contributed by atoms with Gasteiger partial charge < -0.3 is 15.5 Å². The lowest BCUT2D eigenvalue weighted by atomic mass is 10.00. The molecule has 5 nitrogen and oxygen atoms in total. The summed E-state index contributed by atoms with van der Waals surface area (Å²) in [7, 11) is 0. The summed E-state index contributed by atoms with van der Waals surface area (Å²) in [5, 5.41) is 0. The number of piperazine rings is 1. The van der Waals surface area contributed by atoms with E-state index in [1.165, 1.54) is 0 Å². The molecule has 1 saturated heterocycles. The molecule has 2 heterocycles. The molecule has 0 radical (unpaired) electrons. The normalized spacial score (nSPS) is 16.3. The highest BCUT2D eigenvalue weighted by Crippen LogP contribution is 2.24. The molecule has 120 valence electrons. The van der Waals surface area contributed by atoms with Gasteiger partial charge in [-0.3, -0.25) is 4.79 Å². The fraction of sp³-hybridized carbons (Fsp3) is 0.333. The first kappa shape index (κ1) is 15.5. The number of hydrogen-bond acceptors (Lipinski definition) is 4. The molecule has 0 spiro atoms. The second-order valence-electron chi connectivity index (χ2n) is 5.93. The fourth-order valence-corrected chi connectivity index (χ4v) is 2.98. The highest BCUT2D eigenvalue weighted by atomic mass is 16.1. The van der Waals surface area contributed by atoms with Gasteiger partial charge in [0, 0.05) is 32.4 Å². The first-order valence-electron chi connectivity index (χ1n) is 7.90. The summed E-state index contributed by atoms with van der Waals surface area (Å²) in [6.07, 6.45) is 2.78. The molecule has 1 aromatic carbocycles. The van der Waals surface area contributed by atoms with E-state index in [9.17, 15) is 4.79 Å². The Kier molecular flexibility index (Phi) is 4.57. The van der Waals surface area contributed by atoms with Crippen LogP contribution in [0, 0.1) is 6.92 Å². The Labute approximate surface area is 136 Å². The summed E-state index contributed by atoms with van der Waals surface area (Å²) in [6.45, 7) is 5.19. The summed E-state index contributed by atoms with van der Waals surface area (Å²) in [5.74, 6) is 0.986. The van der Waals surface area contributed by atoms with Gasteiger partial charge in [-0.2, -0.15) is 0 Å². The van der Waals surface area contributed by atoms with Gasteiger partial charge in [-0.15, -0.1) is 0 Å². The van der Waals surface area contributed by atoms with Crippen LogP contribution in [0.2, 0.25) is 0 Å². The van der Waals surface area contributed by atoms with Crippen LogP contribution in [-0.4, -0.2) is 42.5 Å². The number of nitrogens with two attached hydrogens (primary N) is 1. The van der Waals surface area contributed by atoms with Crippen LogP contribution >= 0.6 is 0 Å². The Bertz CT molecular complexity index is 666. The van der Waals surface area contributed by atoms with Crippen molar-refractivity contribution in [3.05, 3.63) is 59.3 Å². The van der Waals surface area contributed by atoms with Crippen LogP contribution in [0.15, 0.2) is 42.6 Å². The van der Waals surface area contributed by atoms with Crippen LogP contribution in [0.4, 0.5) is 5.82 Å². The van der Waals surface area contributed by atoms with Gasteiger partial charge >= 0.3 is 0 Å². The van der Waals surface area contributed by atoms with Crippen molar-refractivity contribution in [1.29, 1.82) is 0 Å². The first-order chi connectivity index (χ1) is 11.2. The van der Waals surface area contributed by atoms with Crippen molar-refractivity contribution in [2.24, 2.45) is 5.73 Å². The van der Waals surface area contributed by atoms with Crippen molar-refractivity contribution in [2.45, 2.75) is 13.0 Å². The molecule has 2 N–H and O–H groups in total. The van der Waals surface area contributed by atoms with E-state index in [2.05, 4.69) is 22.9 Å². The van der Waals surface area contributed by atoms with Crippen molar-refractivity contribution < 1.29 is 4.79 Å². The van der Waals surface area contributed by atoms with Crippen LogP contribution in [0.5, 0.6) is 0 Å². The van der Waals surface area contributed by atoms with Gasteiger partial charge in [-0.25, -0.2) is 4.98 Å². The summed E-state index contributed by atoms with van der Waals surface area (Å²) in [4.78, 5) is 19.5. The number of pyridine rings is 1. The van der Waals surface area contributed by atoms with Gasteiger partial charge in [0.25, 0.3) is 0 Å². The number of anilines is 1. The van der Waals surface area contributed by atoms with E-state index in [0.29, 0.717) is 0 Å². The van der Waals surface area contributed by atoms with E-state index >= 15 is 0 Å². The minimum absolute atomic E-state index is 0.164. The van der Waals surface area contributed by atoms with Gasteiger partial charge in [0.1, 0.15) is 5.82 Å². The highest BCUT2D eigenvalue weighted by molar-refractivity contribution is 5.52. The van der Waals surface area contributed by atoms with Gasteiger partial charge in [0.2, 0.25) is 6.41 Å². The third-order valence-corrected chi connectivity index (χ3v) is 4.35. The van der Waals surface area contributed by atoms with E-state index in [0.717, 1.165) is 55.1 Å². The number of hydrogen-bond donors (Lipinski definition) is 1. The second-order valence-corrected chi connectivity index (χ2v) is 5.93. The van der Waals surface area contributed by atoms with E-state index in [1.54, 1.807) is 4.90 Å². The molecule has 1 aromatic heterocycles. The van der Waals surface area contributed by atoms with E-state index in [-0.39, 0.29) is 6.04 Å². The van der Waals surface area contributed by atoms with Crippen LogP contribution in [0.25, 0.3) is 0 Å². The standard InChI is InChI=1S/C18H22N4O/c1-14-11-16(17(19)15-5-3-2-4-6-15)12-20-18(14)22-9-7-21(13-23)8-10-22/h2-6,11-13,17H,7-10,19H2,1H3/t17-/m0/s1. The predicted octanol–water partition coefficient (Wildman–Crippen LogP) is 1.72. The molecule has 5 heteroatoms. The van der Waals surface area contributed by atoms with Crippen molar-refractivity contribution in [2.75, 3.05) is 31.1 Å². The average molecular weight is 310 g/mol. The van der Waals surface area contributed by atoms with Crippen molar-refractivity contribution >= 4 is 12.2 Å². The molecular formula is C18H22N4O. The lowest BCUT2D eigenvalue weighted by Gasteiger charge is -2.34. The largest absolute Gasteiger partial charge is 0.353 e. The van der Waals surface area contributed by atoms with E-state index < -0.39 is 0 Å². The third-order valence-electron chi connectivity index (χ3n) is 4.35. The molecule has 1 amide bonds.